The summed E-state index contributed by atoms with van der Waals surface area (Å²) in [4.78, 5) is 33.3. The summed E-state index contributed by atoms with van der Waals surface area (Å²) in [5.41, 5.74) is 0.383. The zero-order valence-electron chi connectivity index (χ0n) is 13.9. The summed E-state index contributed by atoms with van der Waals surface area (Å²) in [6, 6.07) is 1.82. The van der Waals surface area contributed by atoms with Gasteiger partial charge in [0.15, 0.2) is 0 Å². The van der Waals surface area contributed by atoms with Gasteiger partial charge in [-0.25, -0.2) is 15.0 Å². The normalized spacial score (nSPS) is 23.7. The lowest BCUT2D eigenvalue weighted by atomic mass is 9.93. The molecule has 8 nitrogen and oxygen atoms in total. The van der Waals surface area contributed by atoms with Gasteiger partial charge in [-0.1, -0.05) is 0 Å². The van der Waals surface area contributed by atoms with Crippen molar-refractivity contribution in [1.29, 1.82) is 0 Å². The van der Waals surface area contributed by atoms with Gasteiger partial charge in [-0.2, -0.15) is 0 Å². The van der Waals surface area contributed by atoms with Crippen LogP contribution in [0.15, 0.2) is 37.1 Å². The van der Waals surface area contributed by atoms with Crippen molar-refractivity contribution in [2.24, 2.45) is 5.92 Å². The highest BCUT2D eigenvalue weighted by Gasteiger charge is 2.36. The molecule has 2 aliphatic heterocycles. The minimum atomic E-state index is -0.0809. The van der Waals surface area contributed by atoms with Crippen LogP contribution in [-0.4, -0.2) is 69.6 Å². The molecule has 0 aromatic carbocycles. The van der Waals surface area contributed by atoms with Gasteiger partial charge in [-0.15, -0.1) is 0 Å². The molecule has 0 N–H and O–H groups in total. The van der Waals surface area contributed by atoms with E-state index in [4.69, 9.17) is 4.74 Å². The summed E-state index contributed by atoms with van der Waals surface area (Å²) in [6.07, 6.45) is 9.05. The summed E-state index contributed by atoms with van der Waals surface area (Å²) in [6.45, 7) is 3.50. The molecular weight excluding hydrogens is 320 g/mol. The lowest BCUT2D eigenvalue weighted by Gasteiger charge is -2.37. The highest BCUT2D eigenvalue weighted by atomic mass is 16.5. The Bertz CT molecular complexity index is 714. The average molecular weight is 340 g/mol. The summed E-state index contributed by atoms with van der Waals surface area (Å²) in [5.74, 6) is 1.02. The first-order valence-electron chi connectivity index (χ1n) is 8.50. The predicted molar refractivity (Wildman–Crippen MR) is 90.0 cm³/mol. The standard InChI is InChI=1S/C17H20N6O2/c24-16(14-10-18-5-6-19-14)22-7-2-13-11-23(8-9-25-15(13)12-22)17-20-3-1-4-21-17/h1,3-6,10,13,15H,2,7-9,11-12H2/t13-,15-/m1/s1. The molecule has 2 aliphatic rings. The van der Waals surface area contributed by atoms with Crippen LogP contribution in [0.2, 0.25) is 0 Å². The van der Waals surface area contributed by atoms with E-state index in [1.165, 1.54) is 6.20 Å². The number of fused-ring (bicyclic) bond motifs is 1. The van der Waals surface area contributed by atoms with E-state index in [0.29, 0.717) is 31.3 Å². The molecule has 2 atom stereocenters. The minimum absolute atomic E-state index is 0.0306. The number of nitrogens with zero attached hydrogens (tertiary/aromatic N) is 6. The fourth-order valence-electron chi connectivity index (χ4n) is 3.44. The largest absolute Gasteiger partial charge is 0.374 e. The third-order valence-electron chi connectivity index (χ3n) is 4.75. The number of anilines is 1. The van der Waals surface area contributed by atoms with Gasteiger partial charge < -0.3 is 14.5 Å². The van der Waals surface area contributed by atoms with E-state index in [2.05, 4.69) is 24.8 Å². The maximum Gasteiger partial charge on any atom is 0.274 e. The summed E-state index contributed by atoms with van der Waals surface area (Å²) in [5, 5.41) is 0. The first-order valence-corrected chi connectivity index (χ1v) is 8.50. The van der Waals surface area contributed by atoms with Crippen LogP contribution >= 0.6 is 0 Å². The molecule has 0 spiro atoms. The number of likely N-dealkylation sites (tertiary alicyclic amines) is 1. The van der Waals surface area contributed by atoms with E-state index < -0.39 is 0 Å². The summed E-state index contributed by atoms with van der Waals surface area (Å²) >= 11 is 0. The summed E-state index contributed by atoms with van der Waals surface area (Å²) < 4.78 is 6.05. The van der Waals surface area contributed by atoms with Gasteiger partial charge in [0.25, 0.3) is 5.91 Å². The Kier molecular flexibility index (Phi) is 4.51. The lowest BCUT2D eigenvalue weighted by molar-refractivity contribution is -0.0170. The third-order valence-corrected chi connectivity index (χ3v) is 4.75. The van der Waals surface area contributed by atoms with E-state index in [1.54, 1.807) is 24.8 Å². The third kappa shape index (κ3) is 3.43. The van der Waals surface area contributed by atoms with Gasteiger partial charge >= 0.3 is 0 Å². The number of hydrogen-bond donors (Lipinski definition) is 0. The molecule has 0 unspecified atom stereocenters. The van der Waals surface area contributed by atoms with Crippen molar-refractivity contribution in [2.75, 3.05) is 37.7 Å². The fourth-order valence-corrected chi connectivity index (χ4v) is 3.44. The Balaban J connectivity index is 1.44. The average Bonchev–Trinajstić information content (AvgIpc) is 2.90. The first kappa shape index (κ1) is 15.9. The number of carbonyl (C=O) groups excluding carboxylic acids is 1. The van der Waals surface area contributed by atoms with E-state index in [9.17, 15) is 4.79 Å². The Morgan fingerprint density at radius 1 is 1.08 bits per heavy atom. The van der Waals surface area contributed by atoms with Gasteiger partial charge in [0.05, 0.1) is 18.9 Å². The molecule has 2 saturated heterocycles. The van der Waals surface area contributed by atoms with Crippen LogP contribution in [0.5, 0.6) is 0 Å². The number of piperidine rings is 1. The molecule has 2 aromatic rings. The quantitative estimate of drug-likeness (QED) is 0.793. The Morgan fingerprint density at radius 3 is 2.76 bits per heavy atom. The van der Waals surface area contributed by atoms with Crippen LogP contribution in [0.1, 0.15) is 16.9 Å². The molecule has 8 heteroatoms. The highest BCUT2D eigenvalue weighted by Crippen LogP contribution is 2.26. The van der Waals surface area contributed by atoms with E-state index in [0.717, 1.165) is 25.5 Å². The molecule has 0 saturated carbocycles. The molecule has 1 amide bonds. The van der Waals surface area contributed by atoms with E-state index >= 15 is 0 Å². The molecule has 0 aliphatic carbocycles. The van der Waals surface area contributed by atoms with Crippen molar-refractivity contribution in [3.63, 3.8) is 0 Å². The number of aromatic nitrogens is 4. The second kappa shape index (κ2) is 7.10. The minimum Gasteiger partial charge on any atom is -0.374 e. The van der Waals surface area contributed by atoms with E-state index in [-0.39, 0.29) is 12.0 Å². The Labute approximate surface area is 145 Å². The van der Waals surface area contributed by atoms with Gasteiger partial charge in [0, 0.05) is 56.9 Å². The van der Waals surface area contributed by atoms with Crippen molar-refractivity contribution in [1.82, 2.24) is 24.8 Å². The number of rotatable bonds is 2. The molecule has 2 fully saturated rings. The molecular formula is C17H20N6O2. The highest BCUT2D eigenvalue weighted by molar-refractivity contribution is 5.92. The van der Waals surface area contributed by atoms with Gasteiger partial charge in [0.2, 0.25) is 5.95 Å². The molecule has 130 valence electrons. The molecule has 2 aromatic heterocycles. The van der Waals surface area contributed by atoms with Crippen molar-refractivity contribution in [3.8, 4) is 0 Å². The predicted octanol–water partition coefficient (Wildman–Crippen LogP) is 0.634. The number of amides is 1. The lowest BCUT2D eigenvalue weighted by Crippen LogP contribution is -2.49. The maximum atomic E-state index is 12.6. The van der Waals surface area contributed by atoms with Gasteiger partial charge in [-0.05, 0) is 12.5 Å². The Morgan fingerprint density at radius 2 is 1.96 bits per heavy atom. The topological polar surface area (TPSA) is 84.3 Å². The number of ether oxygens (including phenoxy) is 1. The second-order valence-corrected chi connectivity index (χ2v) is 6.29. The van der Waals surface area contributed by atoms with Crippen LogP contribution in [0.25, 0.3) is 0 Å². The number of carbonyl (C=O) groups is 1. The summed E-state index contributed by atoms with van der Waals surface area (Å²) in [7, 11) is 0. The zero-order valence-corrected chi connectivity index (χ0v) is 13.9. The first-order chi connectivity index (χ1) is 12.3. The molecule has 0 radical (unpaired) electrons. The van der Waals surface area contributed by atoms with Gasteiger partial charge in [0.1, 0.15) is 5.69 Å². The molecule has 0 bridgehead atoms. The van der Waals surface area contributed by atoms with Crippen LogP contribution in [0.4, 0.5) is 5.95 Å². The van der Waals surface area contributed by atoms with Gasteiger partial charge in [-0.3, -0.25) is 9.78 Å². The molecule has 25 heavy (non-hydrogen) atoms. The smallest absolute Gasteiger partial charge is 0.274 e. The SMILES string of the molecule is O=C(c1cnccn1)N1CC[C@@H]2CN(c3ncccn3)CCO[C@@H]2C1. The van der Waals surface area contributed by atoms with Crippen LogP contribution in [0, 0.1) is 5.92 Å². The Hall–Kier alpha value is -2.61. The monoisotopic (exact) mass is 340 g/mol. The van der Waals surface area contributed by atoms with Crippen molar-refractivity contribution in [3.05, 3.63) is 42.7 Å². The zero-order chi connectivity index (χ0) is 17.1. The van der Waals surface area contributed by atoms with Crippen LogP contribution in [-0.2, 0) is 4.74 Å². The van der Waals surface area contributed by atoms with Crippen molar-refractivity contribution in [2.45, 2.75) is 12.5 Å². The molecule has 4 heterocycles. The molecule has 4 rings (SSSR count). The second-order valence-electron chi connectivity index (χ2n) is 6.29. The maximum absolute atomic E-state index is 12.6. The fraction of sp³-hybridized carbons (Fsp3) is 0.471. The van der Waals surface area contributed by atoms with E-state index in [1.807, 2.05) is 11.0 Å². The van der Waals surface area contributed by atoms with Crippen molar-refractivity contribution >= 4 is 11.9 Å². The number of hydrogen-bond acceptors (Lipinski definition) is 7. The van der Waals surface area contributed by atoms with Crippen molar-refractivity contribution < 1.29 is 9.53 Å². The van der Waals surface area contributed by atoms with Crippen LogP contribution < -0.4 is 4.90 Å². The van der Waals surface area contributed by atoms with Crippen LogP contribution in [0.3, 0.4) is 0 Å².